The van der Waals surface area contributed by atoms with Gasteiger partial charge in [-0.2, -0.15) is 0 Å². The largest absolute Gasteiger partial charge is 0.497 e. The van der Waals surface area contributed by atoms with E-state index in [1.54, 1.807) is 25.1 Å². The van der Waals surface area contributed by atoms with Gasteiger partial charge in [0, 0.05) is 5.56 Å². The third-order valence-corrected chi connectivity index (χ3v) is 4.30. The maximum Gasteiger partial charge on any atom is 0.212 e. The van der Waals surface area contributed by atoms with Crippen LogP contribution in [0.2, 0.25) is 0 Å². The highest BCUT2D eigenvalue weighted by Crippen LogP contribution is 2.40. The standard InChI is InChI=1S/C14H12N4O2S/c1-19-10-6-4-9(5-7-10)12-15-16-14-18(12)17-13(21-14)11-3-2-8-20-11/h2-8,13,17H,1H3/t13-/m0/s1. The molecule has 2 aromatic heterocycles. The molecule has 3 heterocycles. The zero-order chi connectivity index (χ0) is 14.2. The van der Waals surface area contributed by atoms with Crippen molar-refractivity contribution in [2.75, 3.05) is 12.5 Å². The molecular weight excluding hydrogens is 288 g/mol. The molecule has 0 unspecified atom stereocenters. The second-order valence-corrected chi connectivity index (χ2v) is 5.58. The van der Waals surface area contributed by atoms with E-state index in [1.807, 2.05) is 41.1 Å². The Balaban J connectivity index is 1.65. The summed E-state index contributed by atoms with van der Waals surface area (Å²) in [5.74, 6) is 2.45. The number of furan rings is 1. The van der Waals surface area contributed by atoms with Crippen molar-refractivity contribution in [1.29, 1.82) is 0 Å². The van der Waals surface area contributed by atoms with Crippen molar-refractivity contribution in [3.63, 3.8) is 0 Å². The van der Waals surface area contributed by atoms with Crippen LogP contribution >= 0.6 is 11.8 Å². The number of benzene rings is 1. The molecule has 0 saturated heterocycles. The number of fused-ring (bicyclic) bond motifs is 1. The van der Waals surface area contributed by atoms with Gasteiger partial charge in [0.1, 0.15) is 11.5 Å². The van der Waals surface area contributed by atoms with E-state index in [-0.39, 0.29) is 5.37 Å². The first-order chi connectivity index (χ1) is 10.3. The van der Waals surface area contributed by atoms with Crippen LogP contribution in [0.25, 0.3) is 11.4 Å². The van der Waals surface area contributed by atoms with E-state index in [4.69, 9.17) is 9.15 Å². The Morgan fingerprint density at radius 1 is 1.24 bits per heavy atom. The summed E-state index contributed by atoms with van der Waals surface area (Å²) in [5, 5.41) is 9.29. The summed E-state index contributed by atoms with van der Waals surface area (Å²) in [6, 6.07) is 11.6. The molecule has 3 aromatic rings. The van der Waals surface area contributed by atoms with E-state index in [2.05, 4.69) is 15.6 Å². The quantitative estimate of drug-likeness (QED) is 0.802. The van der Waals surface area contributed by atoms with Crippen LogP contribution < -0.4 is 10.2 Å². The number of hydrogen-bond donors (Lipinski definition) is 1. The zero-order valence-electron chi connectivity index (χ0n) is 11.2. The molecule has 21 heavy (non-hydrogen) atoms. The zero-order valence-corrected chi connectivity index (χ0v) is 12.0. The molecule has 0 fully saturated rings. The number of nitrogens with one attached hydrogen (secondary N) is 1. The first kappa shape index (κ1) is 12.3. The monoisotopic (exact) mass is 300 g/mol. The Morgan fingerprint density at radius 2 is 2.10 bits per heavy atom. The fourth-order valence-electron chi connectivity index (χ4n) is 2.20. The molecule has 6 nitrogen and oxygen atoms in total. The lowest BCUT2D eigenvalue weighted by molar-refractivity contribution is 0.415. The Morgan fingerprint density at radius 3 is 2.81 bits per heavy atom. The topological polar surface area (TPSA) is 65.1 Å². The van der Waals surface area contributed by atoms with Gasteiger partial charge in [-0.25, -0.2) is 4.68 Å². The summed E-state index contributed by atoms with van der Waals surface area (Å²) in [6.45, 7) is 0. The lowest BCUT2D eigenvalue weighted by Crippen LogP contribution is -2.13. The van der Waals surface area contributed by atoms with Crippen molar-refractivity contribution in [2.24, 2.45) is 0 Å². The number of hydrogen-bond acceptors (Lipinski definition) is 6. The van der Waals surface area contributed by atoms with Crippen LogP contribution in [-0.2, 0) is 0 Å². The van der Waals surface area contributed by atoms with E-state index < -0.39 is 0 Å². The van der Waals surface area contributed by atoms with Gasteiger partial charge in [-0.05, 0) is 48.2 Å². The van der Waals surface area contributed by atoms with Crippen LogP contribution in [0.3, 0.4) is 0 Å². The van der Waals surface area contributed by atoms with Crippen molar-refractivity contribution in [1.82, 2.24) is 14.9 Å². The van der Waals surface area contributed by atoms with Crippen LogP contribution in [0.4, 0.5) is 0 Å². The van der Waals surface area contributed by atoms with E-state index >= 15 is 0 Å². The predicted molar refractivity (Wildman–Crippen MR) is 78.7 cm³/mol. The average molecular weight is 300 g/mol. The molecule has 1 aliphatic rings. The van der Waals surface area contributed by atoms with Crippen molar-refractivity contribution >= 4 is 11.8 Å². The number of rotatable bonds is 3. The molecule has 4 rings (SSSR count). The van der Waals surface area contributed by atoms with Gasteiger partial charge in [0.05, 0.1) is 13.4 Å². The highest BCUT2D eigenvalue weighted by Gasteiger charge is 2.29. The molecule has 0 bridgehead atoms. The molecule has 1 N–H and O–H groups in total. The van der Waals surface area contributed by atoms with Gasteiger partial charge in [0.15, 0.2) is 11.2 Å². The molecule has 0 aliphatic carbocycles. The minimum atomic E-state index is 0.0162. The van der Waals surface area contributed by atoms with Gasteiger partial charge >= 0.3 is 0 Å². The lowest BCUT2D eigenvalue weighted by Gasteiger charge is -2.09. The Bertz CT molecular complexity index is 752. The molecule has 0 saturated carbocycles. The van der Waals surface area contributed by atoms with Crippen LogP contribution in [-0.4, -0.2) is 22.0 Å². The van der Waals surface area contributed by atoms with E-state index in [1.165, 1.54) is 0 Å². The molecule has 1 atom stereocenters. The Labute approximate surface area is 125 Å². The predicted octanol–water partition coefficient (Wildman–Crippen LogP) is 2.89. The second-order valence-electron chi connectivity index (χ2n) is 4.51. The van der Waals surface area contributed by atoms with Gasteiger partial charge in [0.25, 0.3) is 0 Å². The molecule has 7 heteroatoms. The maximum atomic E-state index is 5.43. The van der Waals surface area contributed by atoms with Crippen LogP contribution in [0, 0.1) is 0 Å². The summed E-state index contributed by atoms with van der Waals surface area (Å²) >= 11 is 1.58. The van der Waals surface area contributed by atoms with Gasteiger partial charge in [-0.3, -0.25) is 0 Å². The van der Waals surface area contributed by atoms with Gasteiger partial charge < -0.3 is 14.6 Å². The van der Waals surface area contributed by atoms with Crippen LogP contribution in [0.15, 0.2) is 52.2 Å². The number of aromatic nitrogens is 3. The molecule has 0 radical (unpaired) electrons. The van der Waals surface area contributed by atoms with Crippen LogP contribution in [0.1, 0.15) is 11.1 Å². The summed E-state index contributed by atoms with van der Waals surface area (Å²) in [6.07, 6.45) is 1.67. The molecule has 1 aliphatic heterocycles. The third kappa shape index (κ3) is 2.06. The summed E-state index contributed by atoms with van der Waals surface area (Å²) in [5.41, 5.74) is 4.32. The van der Waals surface area contributed by atoms with Gasteiger partial charge in [-0.15, -0.1) is 10.2 Å². The number of nitrogens with zero attached hydrogens (tertiary/aromatic N) is 3. The van der Waals surface area contributed by atoms with Crippen molar-refractivity contribution in [2.45, 2.75) is 10.5 Å². The van der Waals surface area contributed by atoms with Crippen LogP contribution in [0.5, 0.6) is 5.75 Å². The maximum absolute atomic E-state index is 5.43. The summed E-state index contributed by atoms with van der Waals surface area (Å²) < 4.78 is 12.5. The Hall–Kier alpha value is -2.41. The van der Waals surface area contributed by atoms with E-state index in [0.717, 1.165) is 28.1 Å². The number of ether oxygens (including phenoxy) is 1. The highest BCUT2D eigenvalue weighted by molar-refractivity contribution is 7.99. The minimum absolute atomic E-state index is 0.0162. The van der Waals surface area contributed by atoms with Crippen molar-refractivity contribution in [3.8, 4) is 17.1 Å². The van der Waals surface area contributed by atoms with Crippen molar-refractivity contribution in [3.05, 3.63) is 48.4 Å². The fourth-order valence-corrected chi connectivity index (χ4v) is 3.15. The molecular formula is C14H12N4O2S. The lowest BCUT2D eigenvalue weighted by atomic mass is 10.2. The number of methoxy groups -OCH3 is 1. The highest BCUT2D eigenvalue weighted by atomic mass is 32.2. The molecule has 0 spiro atoms. The van der Waals surface area contributed by atoms with Crippen molar-refractivity contribution < 1.29 is 9.15 Å². The van der Waals surface area contributed by atoms with E-state index in [0.29, 0.717) is 0 Å². The van der Waals surface area contributed by atoms with E-state index in [9.17, 15) is 0 Å². The molecule has 1 aromatic carbocycles. The average Bonchev–Trinajstić information content (AvgIpc) is 3.23. The Kier molecular flexibility index (Phi) is 2.85. The van der Waals surface area contributed by atoms with Gasteiger partial charge in [0.2, 0.25) is 5.16 Å². The first-order valence-electron chi connectivity index (χ1n) is 6.41. The third-order valence-electron chi connectivity index (χ3n) is 3.25. The normalized spacial score (nSPS) is 16.5. The smallest absolute Gasteiger partial charge is 0.212 e. The van der Waals surface area contributed by atoms with Gasteiger partial charge in [-0.1, -0.05) is 0 Å². The second kappa shape index (κ2) is 4.85. The summed E-state index contributed by atoms with van der Waals surface area (Å²) in [7, 11) is 1.65. The fraction of sp³-hybridized carbons (Fsp3) is 0.143. The minimum Gasteiger partial charge on any atom is -0.497 e. The molecule has 0 amide bonds. The molecule has 106 valence electrons. The first-order valence-corrected chi connectivity index (χ1v) is 7.29. The number of thioether (sulfide) groups is 1. The summed E-state index contributed by atoms with van der Waals surface area (Å²) in [4.78, 5) is 0. The SMILES string of the molecule is COc1ccc(-c2nnc3n2N[C@H](c2ccco2)S3)cc1.